The van der Waals surface area contributed by atoms with Crippen molar-refractivity contribution in [1.29, 1.82) is 0 Å². The van der Waals surface area contributed by atoms with E-state index in [0.717, 1.165) is 0 Å². The van der Waals surface area contributed by atoms with Gasteiger partial charge in [0.1, 0.15) is 0 Å². The molecule has 0 spiro atoms. The van der Waals surface area contributed by atoms with Crippen LogP contribution in [0.3, 0.4) is 0 Å². The SMILES string of the molecule is C1=C2CCCCC2=C[Si]1(c1ccccc1)c1ccccc1. The Morgan fingerprint density at radius 3 is 1.43 bits per heavy atom. The first-order valence-corrected chi connectivity index (χ1v) is 10.1. The van der Waals surface area contributed by atoms with E-state index in [0.29, 0.717) is 0 Å². The van der Waals surface area contributed by atoms with Crippen molar-refractivity contribution in [2.24, 2.45) is 0 Å². The quantitative estimate of drug-likeness (QED) is 0.738. The van der Waals surface area contributed by atoms with Gasteiger partial charge in [-0.1, -0.05) is 83.2 Å². The summed E-state index contributed by atoms with van der Waals surface area (Å²) < 4.78 is 0. The molecule has 0 bridgehead atoms. The topological polar surface area (TPSA) is 0 Å². The molecule has 1 heterocycles. The molecule has 104 valence electrons. The molecule has 2 aromatic carbocycles. The van der Waals surface area contributed by atoms with Gasteiger partial charge in [-0.2, -0.15) is 0 Å². The Hall–Kier alpha value is -1.86. The maximum absolute atomic E-state index is 2.66. The number of hydrogen-bond donors (Lipinski definition) is 0. The van der Waals surface area contributed by atoms with Gasteiger partial charge in [-0.25, -0.2) is 0 Å². The van der Waals surface area contributed by atoms with Crippen LogP contribution in [0.2, 0.25) is 0 Å². The summed E-state index contributed by atoms with van der Waals surface area (Å²) in [5.41, 5.74) is 8.60. The normalized spacial score (nSPS) is 19.6. The summed E-state index contributed by atoms with van der Waals surface area (Å²) in [4.78, 5) is 0. The predicted molar refractivity (Wildman–Crippen MR) is 92.5 cm³/mol. The van der Waals surface area contributed by atoms with E-state index >= 15 is 0 Å². The van der Waals surface area contributed by atoms with Crippen molar-refractivity contribution >= 4 is 18.4 Å². The third kappa shape index (κ3) is 2.13. The first kappa shape index (κ1) is 12.8. The average Bonchev–Trinajstić information content (AvgIpc) is 2.97. The largest absolute Gasteiger partial charge is 0.165 e. The fraction of sp³-hybridized carbons (Fsp3) is 0.200. The van der Waals surface area contributed by atoms with Gasteiger partial charge in [0.15, 0.2) is 8.07 Å². The molecule has 4 rings (SSSR count). The van der Waals surface area contributed by atoms with Gasteiger partial charge in [-0.05, 0) is 36.1 Å². The van der Waals surface area contributed by atoms with Gasteiger partial charge in [0, 0.05) is 0 Å². The van der Waals surface area contributed by atoms with Crippen molar-refractivity contribution in [2.75, 3.05) is 0 Å². The number of rotatable bonds is 2. The lowest BCUT2D eigenvalue weighted by molar-refractivity contribution is 0.682. The van der Waals surface area contributed by atoms with Gasteiger partial charge < -0.3 is 0 Å². The Kier molecular flexibility index (Phi) is 3.15. The summed E-state index contributed by atoms with van der Waals surface area (Å²) in [6.45, 7) is 0. The molecule has 0 N–H and O–H groups in total. The summed E-state index contributed by atoms with van der Waals surface area (Å²) in [6.07, 6.45) is 5.27. The first-order valence-electron chi connectivity index (χ1n) is 7.93. The molecule has 1 saturated carbocycles. The van der Waals surface area contributed by atoms with Crippen LogP contribution in [0.25, 0.3) is 0 Å². The molecule has 0 nitrogen and oxygen atoms in total. The van der Waals surface area contributed by atoms with Crippen molar-refractivity contribution < 1.29 is 0 Å². The summed E-state index contributed by atoms with van der Waals surface area (Å²) in [6, 6.07) is 22.3. The zero-order valence-electron chi connectivity index (χ0n) is 12.3. The van der Waals surface area contributed by atoms with Crippen molar-refractivity contribution in [2.45, 2.75) is 25.7 Å². The molecule has 0 amide bonds. The Morgan fingerprint density at radius 1 is 0.571 bits per heavy atom. The average molecular weight is 288 g/mol. The Bertz CT molecular complexity index is 632. The monoisotopic (exact) mass is 288 g/mol. The lowest BCUT2D eigenvalue weighted by Gasteiger charge is -2.24. The highest BCUT2D eigenvalue weighted by atomic mass is 28.3. The third-order valence-electron chi connectivity index (χ3n) is 4.86. The van der Waals surface area contributed by atoms with Crippen LogP contribution in [0.5, 0.6) is 0 Å². The summed E-state index contributed by atoms with van der Waals surface area (Å²) in [7, 11) is -1.84. The van der Waals surface area contributed by atoms with Gasteiger partial charge >= 0.3 is 0 Å². The lowest BCUT2D eigenvalue weighted by Crippen LogP contribution is -2.55. The van der Waals surface area contributed by atoms with E-state index in [9.17, 15) is 0 Å². The van der Waals surface area contributed by atoms with Crippen LogP contribution in [-0.4, -0.2) is 8.07 Å². The molecule has 0 radical (unpaired) electrons. The summed E-state index contributed by atoms with van der Waals surface area (Å²) in [5, 5.41) is 3.04. The first-order chi connectivity index (χ1) is 10.4. The highest BCUT2D eigenvalue weighted by molar-refractivity contribution is 7.10. The molecule has 0 atom stereocenters. The van der Waals surface area contributed by atoms with Crippen molar-refractivity contribution in [3.8, 4) is 0 Å². The Labute approximate surface area is 127 Å². The van der Waals surface area contributed by atoms with Crippen molar-refractivity contribution in [3.05, 3.63) is 83.2 Å². The van der Waals surface area contributed by atoms with E-state index in [1.807, 2.05) is 0 Å². The van der Waals surface area contributed by atoms with E-state index < -0.39 is 8.07 Å². The smallest absolute Gasteiger partial charge is 0.0788 e. The number of fused-ring (bicyclic) bond motifs is 1. The fourth-order valence-corrected chi connectivity index (χ4v) is 8.13. The lowest BCUT2D eigenvalue weighted by atomic mass is 9.92. The number of benzene rings is 2. The molecule has 21 heavy (non-hydrogen) atoms. The fourth-order valence-electron chi connectivity index (χ4n) is 3.80. The highest BCUT2D eigenvalue weighted by Gasteiger charge is 2.38. The van der Waals surface area contributed by atoms with E-state index in [-0.39, 0.29) is 0 Å². The molecule has 0 aromatic heterocycles. The van der Waals surface area contributed by atoms with Crippen LogP contribution >= 0.6 is 0 Å². The van der Waals surface area contributed by atoms with Gasteiger partial charge in [-0.15, -0.1) is 0 Å². The molecule has 2 aliphatic rings. The van der Waals surface area contributed by atoms with E-state index in [1.165, 1.54) is 36.1 Å². The van der Waals surface area contributed by atoms with E-state index in [1.54, 1.807) is 11.1 Å². The molecular weight excluding hydrogens is 268 g/mol. The number of hydrogen-bond acceptors (Lipinski definition) is 0. The van der Waals surface area contributed by atoms with Gasteiger partial charge in [0.05, 0.1) is 0 Å². The Morgan fingerprint density at radius 2 is 1.00 bits per heavy atom. The van der Waals surface area contributed by atoms with Crippen LogP contribution in [0, 0.1) is 0 Å². The molecule has 1 fully saturated rings. The third-order valence-corrected chi connectivity index (χ3v) is 9.05. The predicted octanol–water partition coefficient (Wildman–Crippen LogP) is 3.77. The summed E-state index contributed by atoms with van der Waals surface area (Å²) in [5.74, 6) is 0. The van der Waals surface area contributed by atoms with E-state index in [4.69, 9.17) is 0 Å². The second-order valence-corrected chi connectivity index (χ2v) is 9.62. The van der Waals surface area contributed by atoms with Crippen LogP contribution < -0.4 is 10.4 Å². The molecule has 1 heteroatoms. The Balaban J connectivity index is 1.93. The second-order valence-electron chi connectivity index (χ2n) is 6.15. The van der Waals surface area contributed by atoms with Crippen LogP contribution in [0.15, 0.2) is 83.2 Å². The van der Waals surface area contributed by atoms with E-state index in [2.05, 4.69) is 72.1 Å². The summed E-state index contributed by atoms with van der Waals surface area (Å²) >= 11 is 0. The second kappa shape index (κ2) is 5.16. The minimum Gasteiger partial charge on any atom is -0.0788 e. The molecule has 2 aromatic rings. The number of allylic oxidation sites excluding steroid dienone is 2. The van der Waals surface area contributed by atoms with Crippen LogP contribution in [0.4, 0.5) is 0 Å². The zero-order chi connectivity index (χ0) is 14.1. The molecule has 0 unspecified atom stereocenters. The van der Waals surface area contributed by atoms with Crippen LogP contribution in [0.1, 0.15) is 25.7 Å². The zero-order valence-corrected chi connectivity index (χ0v) is 13.3. The maximum atomic E-state index is 2.66. The molecule has 0 saturated heterocycles. The minimum absolute atomic E-state index is 1.28. The molecular formula is C20H20Si. The maximum Gasteiger partial charge on any atom is 0.165 e. The van der Waals surface area contributed by atoms with Gasteiger partial charge in [-0.3, -0.25) is 0 Å². The minimum atomic E-state index is -1.84. The van der Waals surface area contributed by atoms with Crippen LogP contribution in [-0.2, 0) is 0 Å². The van der Waals surface area contributed by atoms with Crippen molar-refractivity contribution in [3.63, 3.8) is 0 Å². The van der Waals surface area contributed by atoms with Crippen molar-refractivity contribution in [1.82, 2.24) is 0 Å². The van der Waals surface area contributed by atoms with Gasteiger partial charge in [0.25, 0.3) is 0 Å². The molecule has 1 aliphatic carbocycles. The van der Waals surface area contributed by atoms with Gasteiger partial charge in [0.2, 0.25) is 0 Å². The highest BCUT2D eigenvalue weighted by Crippen LogP contribution is 2.36. The standard InChI is InChI=1S/C20H20Si/c1-3-11-19(12-4-1)21(20-13-5-2-6-14-20)15-17-9-7-8-10-18(17)16-21/h1-6,11-16H,7-10H2. The molecule has 1 aliphatic heterocycles.